The van der Waals surface area contributed by atoms with Crippen molar-refractivity contribution in [1.82, 2.24) is 4.98 Å². The number of halogens is 2. The summed E-state index contributed by atoms with van der Waals surface area (Å²) in [5.41, 5.74) is 0.837. The Morgan fingerprint density at radius 2 is 2.42 bits per heavy atom. The third-order valence-corrected chi connectivity index (χ3v) is 2.12. The maximum atomic E-state index is 5.68. The van der Waals surface area contributed by atoms with Crippen LogP contribution in [0.2, 0.25) is 5.15 Å². The van der Waals surface area contributed by atoms with Gasteiger partial charge in [0.15, 0.2) is 0 Å². The van der Waals surface area contributed by atoms with E-state index in [2.05, 4.69) is 45.4 Å². The fraction of sp³-hybridized carbons (Fsp3) is 0.125. The summed E-state index contributed by atoms with van der Waals surface area (Å²) in [5, 5.41) is 0.446. The number of pyridine rings is 1. The van der Waals surface area contributed by atoms with E-state index in [9.17, 15) is 0 Å². The average Bonchev–Trinajstić information content (AvgIpc) is 2.07. The Kier molecular flexibility index (Phi) is 3.93. The predicted molar refractivity (Wildman–Crippen MR) is 57.7 cm³/mol. The summed E-state index contributed by atoms with van der Waals surface area (Å²) in [6.45, 7) is 0. The van der Waals surface area contributed by atoms with Crippen LogP contribution in [0.5, 0.6) is 0 Å². The quantitative estimate of drug-likeness (QED) is 0.431. The molecular weight excluding hydrogens is 258 g/mol. The number of hydrogen-bond acceptors (Lipinski definition) is 2. The molecule has 62 valence electrons. The molecule has 1 heterocycles. The van der Waals surface area contributed by atoms with Gasteiger partial charge in [0.2, 0.25) is 0 Å². The van der Waals surface area contributed by atoms with Crippen LogP contribution in [0.1, 0.15) is 5.56 Å². The summed E-state index contributed by atoms with van der Waals surface area (Å²) >= 11 is 13.0. The molecule has 1 nitrogen and oxygen atoms in total. The number of nitrogens with zero attached hydrogens (tertiary/aromatic N) is 1. The van der Waals surface area contributed by atoms with Crippen LogP contribution >= 0.6 is 40.2 Å². The van der Waals surface area contributed by atoms with E-state index in [1.54, 1.807) is 12.3 Å². The maximum absolute atomic E-state index is 5.68. The second-order valence-electron chi connectivity index (χ2n) is 1.95. The van der Waals surface area contributed by atoms with Crippen molar-refractivity contribution < 1.29 is 0 Å². The zero-order valence-corrected chi connectivity index (χ0v) is 9.25. The minimum atomic E-state index is 0.446. The summed E-state index contributed by atoms with van der Waals surface area (Å²) in [6, 6.07) is 1.71. The lowest BCUT2D eigenvalue weighted by molar-refractivity contribution is 1.30. The topological polar surface area (TPSA) is 12.9 Å². The van der Waals surface area contributed by atoms with Crippen molar-refractivity contribution >= 4 is 40.2 Å². The van der Waals surface area contributed by atoms with Gasteiger partial charge >= 0.3 is 0 Å². The molecule has 1 rings (SSSR count). The molecule has 0 aliphatic carbocycles. The number of thiol groups is 1. The second-order valence-corrected chi connectivity index (χ2v) is 3.50. The molecule has 0 saturated carbocycles. The lowest BCUT2D eigenvalue weighted by Gasteiger charge is -1.94. The van der Waals surface area contributed by atoms with Gasteiger partial charge in [0.05, 0.1) is 10.2 Å². The Morgan fingerprint density at radius 1 is 1.67 bits per heavy atom. The van der Waals surface area contributed by atoms with Crippen LogP contribution in [0.15, 0.2) is 16.7 Å². The molecule has 0 radical (unpaired) electrons. The van der Waals surface area contributed by atoms with Crippen LogP contribution < -0.4 is 0 Å². The molecule has 0 amide bonds. The van der Waals surface area contributed by atoms with Crippen molar-refractivity contribution in [3.8, 4) is 11.8 Å². The van der Waals surface area contributed by atoms with Gasteiger partial charge in [0.1, 0.15) is 5.15 Å². The molecule has 0 saturated heterocycles. The van der Waals surface area contributed by atoms with Crippen LogP contribution in [-0.4, -0.2) is 10.7 Å². The average molecular weight is 263 g/mol. The Labute approximate surface area is 90.1 Å². The summed E-state index contributed by atoms with van der Waals surface area (Å²) in [6.07, 6.45) is 1.63. The van der Waals surface area contributed by atoms with Crippen molar-refractivity contribution in [3.05, 3.63) is 27.5 Å². The molecule has 0 aromatic carbocycles. The predicted octanol–water partition coefficient (Wildman–Crippen LogP) is 2.78. The molecule has 1 aromatic heterocycles. The second kappa shape index (κ2) is 4.76. The Balaban J connectivity index is 3.05. The molecule has 1 aromatic rings. The van der Waals surface area contributed by atoms with Crippen LogP contribution in [0.25, 0.3) is 0 Å². The van der Waals surface area contributed by atoms with E-state index in [1.807, 2.05) is 0 Å². The first kappa shape index (κ1) is 9.91. The molecule has 0 aliphatic heterocycles. The third-order valence-electron chi connectivity index (χ3n) is 1.12. The van der Waals surface area contributed by atoms with Gasteiger partial charge < -0.3 is 0 Å². The lowest BCUT2D eigenvalue weighted by Crippen LogP contribution is -1.81. The number of aromatic nitrogens is 1. The van der Waals surface area contributed by atoms with E-state index >= 15 is 0 Å². The highest BCUT2D eigenvalue weighted by Gasteiger charge is 1.97. The first-order chi connectivity index (χ1) is 5.74. The third kappa shape index (κ3) is 2.71. The Hall–Kier alpha value is -0.170. The largest absolute Gasteiger partial charge is 0.243 e. The summed E-state index contributed by atoms with van der Waals surface area (Å²) in [7, 11) is 0. The van der Waals surface area contributed by atoms with Crippen molar-refractivity contribution in [2.24, 2.45) is 0 Å². The number of rotatable bonds is 0. The van der Waals surface area contributed by atoms with Crippen molar-refractivity contribution in [2.75, 3.05) is 5.75 Å². The van der Waals surface area contributed by atoms with E-state index in [-0.39, 0.29) is 0 Å². The Bertz CT molecular complexity index is 343. The molecule has 0 spiro atoms. The SMILES string of the molecule is SCC#Cc1cc(Cl)ncc1Br. The lowest BCUT2D eigenvalue weighted by atomic mass is 10.3. The van der Waals surface area contributed by atoms with Gasteiger partial charge in [-0.2, -0.15) is 12.6 Å². The summed E-state index contributed by atoms with van der Waals surface area (Å²) < 4.78 is 0.848. The molecule has 0 atom stereocenters. The highest BCUT2D eigenvalue weighted by Crippen LogP contribution is 2.17. The maximum Gasteiger partial charge on any atom is 0.130 e. The standard InChI is InChI=1S/C8H5BrClNS/c9-7-5-11-8(10)4-6(7)2-1-3-12/h4-5,12H,3H2. The smallest absolute Gasteiger partial charge is 0.130 e. The highest BCUT2D eigenvalue weighted by atomic mass is 79.9. The summed E-state index contributed by atoms with van der Waals surface area (Å²) in [5.74, 6) is 6.27. The van der Waals surface area contributed by atoms with Crippen molar-refractivity contribution in [3.63, 3.8) is 0 Å². The minimum Gasteiger partial charge on any atom is -0.243 e. The van der Waals surface area contributed by atoms with Gasteiger partial charge in [-0.25, -0.2) is 4.98 Å². The van der Waals surface area contributed by atoms with E-state index in [1.165, 1.54) is 0 Å². The highest BCUT2D eigenvalue weighted by molar-refractivity contribution is 9.10. The molecule has 0 bridgehead atoms. The minimum absolute atomic E-state index is 0.446. The first-order valence-corrected chi connectivity index (χ1v) is 4.95. The van der Waals surface area contributed by atoms with Gasteiger partial charge in [-0.1, -0.05) is 23.4 Å². The van der Waals surface area contributed by atoms with Crippen molar-refractivity contribution in [1.29, 1.82) is 0 Å². The molecule has 0 N–H and O–H groups in total. The molecule has 4 heteroatoms. The monoisotopic (exact) mass is 261 g/mol. The zero-order valence-electron chi connectivity index (χ0n) is 6.01. The van der Waals surface area contributed by atoms with Crippen LogP contribution in [0, 0.1) is 11.8 Å². The Morgan fingerprint density at radius 3 is 3.08 bits per heavy atom. The van der Waals surface area contributed by atoms with Gasteiger partial charge in [-0.3, -0.25) is 0 Å². The molecule has 12 heavy (non-hydrogen) atoms. The number of hydrogen-bond donors (Lipinski definition) is 1. The normalized spacial score (nSPS) is 8.92. The van der Waals surface area contributed by atoms with E-state index in [0.29, 0.717) is 10.9 Å². The molecule has 0 fully saturated rings. The summed E-state index contributed by atoms with van der Waals surface area (Å²) in [4.78, 5) is 3.88. The van der Waals surface area contributed by atoms with Gasteiger partial charge in [0, 0.05) is 11.8 Å². The first-order valence-electron chi connectivity index (χ1n) is 3.15. The van der Waals surface area contributed by atoms with Crippen LogP contribution in [-0.2, 0) is 0 Å². The van der Waals surface area contributed by atoms with Gasteiger partial charge in [-0.15, -0.1) is 0 Å². The van der Waals surface area contributed by atoms with Crippen molar-refractivity contribution in [2.45, 2.75) is 0 Å². The van der Waals surface area contributed by atoms with Gasteiger partial charge in [-0.05, 0) is 22.0 Å². The van der Waals surface area contributed by atoms with E-state index in [0.717, 1.165) is 10.0 Å². The van der Waals surface area contributed by atoms with Crippen LogP contribution in [0.4, 0.5) is 0 Å². The zero-order chi connectivity index (χ0) is 8.97. The molecule has 0 aliphatic rings. The van der Waals surface area contributed by atoms with Gasteiger partial charge in [0.25, 0.3) is 0 Å². The van der Waals surface area contributed by atoms with Crippen LogP contribution in [0.3, 0.4) is 0 Å². The molecule has 0 unspecified atom stereocenters. The fourth-order valence-corrected chi connectivity index (χ4v) is 1.20. The fourth-order valence-electron chi connectivity index (χ4n) is 0.644. The molecular formula is C8H5BrClNS. The van der Waals surface area contributed by atoms with E-state index < -0.39 is 0 Å². The van der Waals surface area contributed by atoms with E-state index in [4.69, 9.17) is 11.6 Å².